The van der Waals surface area contributed by atoms with E-state index in [1.807, 2.05) is 6.07 Å². The molecule has 3 heterocycles. The van der Waals surface area contributed by atoms with E-state index in [1.165, 1.54) is 12.8 Å². The summed E-state index contributed by atoms with van der Waals surface area (Å²) in [5.41, 5.74) is 0. The van der Waals surface area contributed by atoms with Gasteiger partial charge >= 0.3 is 6.01 Å². The molecule has 1 aromatic heterocycles. The van der Waals surface area contributed by atoms with Gasteiger partial charge in [-0.25, -0.2) is 0 Å². The number of hydrogen-bond donors (Lipinski definition) is 0. The van der Waals surface area contributed by atoms with Gasteiger partial charge < -0.3 is 19.1 Å². The van der Waals surface area contributed by atoms with Crippen LogP contribution in [0.2, 0.25) is 0 Å². The third-order valence-corrected chi connectivity index (χ3v) is 5.10. The Morgan fingerprint density at radius 3 is 2.74 bits per heavy atom. The second-order valence-electron chi connectivity index (χ2n) is 6.54. The molecule has 0 N–H and O–H groups in total. The predicted molar refractivity (Wildman–Crippen MR) is 85.2 cm³/mol. The van der Waals surface area contributed by atoms with Crippen LogP contribution in [0.3, 0.4) is 0 Å². The van der Waals surface area contributed by atoms with Crippen molar-refractivity contribution in [1.82, 2.24) is 14.9 Å². The molecule has 2 atom stereocenters. The molecule has 1 saturated carbocycles. The Balaban J connectivity index is 1.51. The summed E-state index contributed by atoms with van der Waals surface area (Å²) in [5.74, 6) is 2.25. The van der Waals surface area contributed by atoms with Crippen LogP contribution in [0.25, 0.3) is 0 Å². The SMILES string of the molecule is COc1cc(N2CCN3[C@@H](COC[C@@H]3C3CC3)C2)nc(OC)n1. The van der Waals surface area contributed by atoms with Crippen molar-refractivity contribution in [3.8, 4) is 11.9 Å². The number of piperazine rings is 1. The van der Waals surface area contributed by atoms with Crippen LogP contribution in [0.1, 0.15) is 12.8 Å². The minimum absolute atomic E-state index is 0.345. The third-order valence-electron chi connectivity index (χ3n) is 5.10. The zero-order valence-corrected chi connectivity index (χ0v) is 13.8. The minimum Gasteiger partial charge on any atom is -0.481 e. The van der Waals surface area contributed by atoms with E-state index in [2.05, 4.69) is 19.8 Å². The molecule has 1 aliphatic carbocycles. The summed E-state index contributed by atoms with van der Waals surface area (Å²) in [4.78, 5) is 13.6. The number of methoxy groups -OCH3 is 2. The van der Waals surface area contributed by atoms with Crippen molar-refractivity contribution >= 4 is 5.82 Å². The number of morpholine rings is 1. The van der Waals surface area contributed by atoms with E-state index in [9.17, 15) is 0 Å². The van der Waals surface area contributed by atoms with Crippen LogP contribution in [0.15, 0.2) is 6.07 Å². The second-order valence-corrected chi connectivity index (χ2v) is 6.54. The van der Waals surface area contributed by atoms with Gasteiger partial charge in [0.2, 0.25) is 5.88 Å². The predicted octanol–water partition coefficient (Wildman–Crippen LogP) is 0.793. The highest BCUT2D eigenvalue weighted by Crippen LogP contribution is 2.38. The number of anilines is 1. The van der Waals surface area contributed by atoms with Crippen molar-refractivity contribution in [2.75, 3.05) is 52.0 Å². The fraction of sp³-hybridized carbons (Fsp3) is 0.750. The Kier molecular flexibility index (Phi) is 3.98. The van der Waals surface area contributed by atoms with E-state index in [0.29, 0.717) is 24.0 Å². The summed E-state index contributed by atoms with van der Waals surface area (Å²) >= 11 is 0. The lowest BCUT2D eigenvalue weighted by molar-refractivity contribution is -0.0603. The molecule has 0 aromatic carbocycles. The molecule has 3 aliphatic rings. The maximum atomic E-state index is 5.88. The van der Waals surface area contributed by atoms with Crippen molar-refractivity contribution in [1.29, 1.82) is 0 Å². The Labute approximate surface area is 136 Å². The summed E-state index contributed by atoms with van der Waals surface area (Å²) in [7, 11) is 3.18. The van der Waals surface area contributed by atoms with Gasteiger partial charge in [-0.1, -0.05) is 0 Å². The first-order chi connectivity index (χ1) is 11.3. The minimum atomic E-state index is 0.345. The number of rotatable bonds is 4. The summed E-state index contributed by atoms with van der Waals surface area (Å²) in [6.45, 7) is 4.65. The molecule has 0 unspecified atom stereocenters. The van der Waals surface area contributed by atoms with Crippen LogP contribution >= 0.6 is 0 Å². The lowest BCUT2D eigenvalue weighted by Crippen LogP contribution is -2.62. The lowest BCUT2D eigenvalue weighted by Gasteiger charge is -2.48. The maximum Gasteiger partial charge on any atom is 0.321 e. The van der Waals surface area contributed by atoms with Crippen LogP contribution in [0, 0.1) is 5.92 Å². The molecule has 0 amide bonds. The number of ether oxygens (including phenoxy) is 3. The molecular formula is C16H24N4O3. The van der Waals surface area contributed by atoms with Crippen LogP contribution in [-0.2, 0) is 4.74 Å². The molecule has 7 nitrogen and oxygen atoms in total. The molecule has 2 aliphatic heterocycles. The first kappa shape index (κ1) is 15.0. The lowest BCUT2D eigenvalue weighted by atomic mass is 10.0. The first-order valence-corrected chi connectivity index (χ1v) is 8.34. The van der Waals surface area contributed by atoms with Gasteiger partial charge in [0.15, 0.2) is 0 Å². The average Bonchev–Trinajstić information content (AvgIpc) is 3.45. The summed E-state index contributed by atoms with van der Waals surface area (Å²) in [5, 5.41) is 0. The van der Waals surface area contributed by atoms with E-state index in [4.69, 9.17) is 14.2 Å². The Morgan fingerprint density at radius 1 is 1.13 bits per heavy atom. The zero-order valence-electron chi connectivity index (χ0n) is 13.8. The van der Waals surface area contributed by atoms with Crippen molar-refractivity contribution in [3.63, 3.8) is 0 Å². The zero-order chi connectivity index (χ0) is 15.8. The molecule has 3 fully saturated rings. The fourth-order valence-electron chi connectivity index (χ4n) is 3.72. The van der Waals surface area contributed by atoms with Crippen molar-refractivity contribution in [2.45, 2.75) is 24.9 Å². The highest BCUT2D eigenvalue weighted by Gasteiger charge is 2.43. The van der Waals surface area contributed by atoms with E-state index in [1.54, 1.807) is 14.2 Å². The van der Waals surface area contributed by atoms with Crippen LogP contribution in [0.5, 0.6) is 11.9 Å². The van der Waals surface area contributed by atoms with Crippen LogP contribution in [-0.4, -0.2) is 74.0 Å². The van der Waals surface area contributed by atoms with Gasteiger partial charge in [-0.3, -0.25) is 4.90 Å². The maximum absolute atomic E-state index is 5.88. The van der Waals surface area contributed by atoms with Gasteiger partial charge in [0.1, 0.15) is 5.82 Å². The molecule has 23 heavy (non-hydrogen) atoms. The van der Waals surface area contributed by atoms with Gasteiger partial charge in [-0.05, 0) is 18.8 Å². The van der Waals surface area contributed by atoms with Crippen LogP contribution < -0.4 is 14.4 Å². The smallest absolute Gasteiger partial charge is 0.321 e. The number of nitrogens with zero attached hydrogens (tertiary/aromatic N) is 4. The molecule has 2 saturated heterocycles. The number of hydrogen-bond acceptors (Lipinski definition) is 7. The third kappa shape index (κ3) is 2.95. The van der Waals surface area contributed by atoms with Crippen molar-refractivity contribution in [2.24, 2.45) is 5.92 Å². The molecule has 0 spiro atoms. The van der Waals surface area contributed by atoms with Gasteiger partial charge in [-0.15, -0.1) is 0 Å². The van der Waals surface area contributed by atoms with Crippen LogP contribution in [0.4, 0.5) is 5.82 Å². The van der Waals surface area contributed by atoms with Crippen molar-refractivity contribution < 1.29 is 14.2 Å². The Morgan fingerprint density at radius 2 is 2.00 bits per heavy atom. The van der Waals surface area contributed by atoms with E-state index in [-0.39, 0.29) is 0 Å². The molecule has 1 aromatic rings. The van der Waals surface area contributed by atoms with E-state index in [0.717, 1.165) is 44.6 Å². The quantitative estimate of drug-likeness (QED) is 0.813. The highest BCUT2D eigenvalue weighted by atomic mass is 16.5. The highest BCUT2D eigenvalue weighted by molar-refractivity contribution is 5.43. The Hall–Kier alpha value is -1.60. The molecular weight excluding hydrogens is 296 g/mol. The van der Waals surface area contributed by atoms with Gasteiger partial charge in [0, 0.05) is 31.7 Å². The molecule has 0 radical (unpaired) electrons. The molecule has 126 valence electrons. The normalized spacial score (nSPS) is 28.3. The van der Waals surface area contributed by atoms with Gasteiger partial charge in [0.05, 0.1) is 33.5 Å². The fourth-order valence-corrected chi connectivity index (χ4v) is 3.72. The monoisotopic (exact) mass is 320 g/mol. The second kappa shape index (κ2) is 6.13. The standard InChI is InChI=1S/C16H24N4O3/c1-21-15-7-14(17-16(18-15)22-2)19-5-6-20-12(8-19)9-23-10-13(20)11-3-4-11/h7,11-13H,3-6,8-10H2,1-2H3/t12-,13-/m1/s1. The van der Waals surface area contributed by atoms with Crippen molar-refractivity contribution in [3.05, 3.63) is 6.07 Å². The molecule has 7 heteroatoms. The summed E-state index contributed by atoms with van der Waals surface area (Å²) in [6.07, 6.45) is 2.72. The average molecular weight is 320 g/mol. The summed E-state index contributed by atoms with van der Waals surface area (Å²) < 4.78 is 16.3. The first-order valence-electron chi connectivity index (χ1n) is 8.34. The molecule has 4 rings (SSSR count). The largest absolute Gasteiger partial charge is 0.481 e. The van der Waals surface area contributed by atoms with Gasteiger partial charge in [-0.2, -0.15) is 9.97 Å². The summed E-state index contributed by atoms with van der Waals surface area (Å²) in [6, 6.07) is 3.28. The Bertz CT molecular complexity index is 544. The van der Waals surface area contributed by atoms with E-state index < -0.39 is 0 Å². The van der Waals surface area contributed by atoms with Gasteiger partial charge in [0.25, 0.3) is 0 Å². The van der Waals surface area contributed by atoms with E-state index >= 15 is 0 Å². The topological polar surface area (TPSA) is 60.0 Å². The number of fused-ring (bicyclic) bond motifs is 1. The number of aromatic nitrogens is 2. The molecule has 0 bridgehead atoms.